The normalized spacial score (nSPS) is 11.4. The van der Waals surface area contributed by atoms with Gasteiger partial charge in [0, 0.05) is 13.3 Å². The summed E-state index contributed by atoms with van der Waals surface area (Å²) < 4.78 is 0. The number of amides is 2. The number of carbonyl (C=O) groups excluding carboxylic acids is 2. The fourth-order valence-electron chi connectivity index (χ4n) is 1.59. The van der Waals surface area contributed by atoms with Gasteiger partial charge in [-0.2, -0.15) is 0 Å². The highest BCUT2D eigenvalue weighted by Crippen LogP contribution is 2.03. The van der Waals surface area contributed by atoms with Crippen LogP contribution >= 0.6 is 0 Å². The van der Waals surface area contributed by atoms with E-state index in [1.807, 2.05) is 30.3 Å². The van der Waals surface area contributed by atoms with Gasteiger partial charge in [-0.05, 0) is 5.56 Å². The minimum Gasteiger partial charge on any atom is -0.480 e. The lowest BCUT2D eigenvalue weighted by Gasteiger charge is -2.17. The van der Waals surface area contributed by atoms with Crippen molar-refractivity contribution in [2.75, 3.05) is 6.54 Å². The monoisotopic (exact) mass is 264 g/mol. The summed E-state index contributed by atoms with van der Waals surface area (Å²) in [4.78, 5) is 33.3. The van der Waals surface area contributed by atoms with Crippen LogP contribution in [0.2, 0.25) is 0 Å². The molecule has 1 atom stereocenters. The van der Waals surface area contributed by atoms with Gasteiger partial charge in [0.2, 0.25) is 11.8 Å². The van der Waals surface area contributed by atoms with Crippen molar-refractivity contribution in [2.24, 2.45) is 0 Å². The Morgan fingerprint density at radius 1 is 1.21 bits per heavy atom. The second kappa shape index (κ2) is 7.15. The van der Waals surface area contributed by atoms with Gasteiger partial charge < -0.3 is 15.7 Å². The molecular formula is C13H16N2O4. The Hall–Kier alpha value is -2.37. The van der Waals surface area contributed by atoms with Crippen molar-refractivity contribution in [1.29, 1.82) is 0 Å². The van der Waals surface area contributed by atoms with E-state index in [2.05, 4.69) is 10.6 Å². The molecule has 0 aliphatic carbocycles. The molecule has 0 aromatic heterocycles. The molecule has 0 fully saturated rings. The van der Waals surface area contributed by atoms with Gasteiger partial charge in [0.1, 0.15) is 12.6 Å². The predicted octanol–water partition coefficient (Wildman–Crippen LogP) is -0.0654. The fraction of sp³-hybridized carbons (Fsp3) is 0.308. The lowest BCUT2D eigenvalue weighted by molar-refractivity contribution is -0.138. The molecule has 0 aliphatic rings. The number of hydrogen-bond acceptors (Lipinski definition) is 3. The zero-order valence-corrected chi connectivity index (χ0v) is 10.6. The lowest BCUT2D eigenvalue weighted by atomic mass is 10.1. The third-order valence-corrected chi connectivity index (χ3v) is 2.39. The molecule has 6 nitrogen and oxygen atoms in total. The van der Waals surface area contributed by atoms with Crippen molar-refractivity contribution < 1.29 is 19.5 Å². The Balaban J connectivity index is 2.68. The second-order valence-corrected chi connectivity index (χ2v) is 4.05. The van der Waals surface area contributed by atoms with E-state index in [1.54, 1.807) is 0 Å². The first-order valence-corrected chi connectivity index (χ1v) is 5.79. The number of hydrogen-bond donors (Lipinski definition) is 3. The van der Waals surface area contributed by atoms with Gasteiger partial charge in [0.15, 0.2) is 0 Å². The first-order chi connectivity index (χ1) is 8.99. The lowest BCUT2D eigenvalue weighted by Crippen LogP contribution is -2.48. The van der Waals surface area contributed by atoms with Crippen molar-refractivity contribution in [3.05, 3.63) is 35.9 Å². The van der Waals surface area contributed by atoms with Gasteiger partial charge in [0.25, 0.3) is 0 Å². The molecular weight excluding hydrogens is 248 g/mol. The fourth-order valence-corrected chi connectivity index (χ4v) is 1.59. The molecule has 0 saturated carbocycles. The third-order valence-electron chi connectivity index (χ3n) is 2.39. The Morgan fingerprint density at radius 3 is 2.37 bits per heavy atom. The van der Waals surface area contributed by atoms with Gasteiger partial charge in [0.05, 0.1) is 0 Å². The van der Waals surface area contributed by atoms with E-state index in [9.17, 15) is 14.4 Å². The van der Waals surface area contributed by atoms with Gasteiger partial charge in [-0.25, -0.2) is 0 Å². The van der Waals surface area contributed by atoms with Crippen LogP contribution in [0.4, 0.5) is 0 Å². The molecule has 6 heteroatoms. The number of carboxylic acids is 1. The van der Waals surface area contributed by atoms with E-state index in [-0.39, 0.29) is 5.91 Å². The minimum absolute atomic E-state index is 0.311. The molecule has 3 N–H and O–H groups in total. The van der Waals surface area contributed by atoms with Crippen LogP contribution in [0.15, 0.2) is 30.3 Å². The standard InChI is InChI=1S/C13H16N2O4/c1-9(16)15-11(13(19)14-8-12(17)18)7-10-5-3-2-4-6-10/h2-6,11H,7-8H2,1H3,(H,14,19)(H,15,16)(H,17,18)/t11-/m0/s1. The van der Waals surface area contributed by atoms with Gasteiger partial charge >= 0.3 is 5.97 Å². The van der Waals surface area contributed by atoms with E-state index >= 15 is 0 Å². The summed E-state index contributed by atoms with van der Waals surface area (Å²) in [7, 11) is 0. The number of carbonyl (C=O) groups is 3. The number of carboxylic acid groups (broad SMARTS) is 1. The average molecular weight is 264 g/mol. The number of benzene rings is 1. The maximum Gasteiger partial charge on any atom is 0.322 e. The molecule has 0 bridgehead atoms. The van der Waals surface area contributed by atoms with E-state index in [4.69, 9.17) is 5.11 Å². The van der Waals surface area contributed by atoms with Crippen LogP contribution in [0.25, 0.3) is 0 Å². The van der Waals surface area contributed by atoms with Crippen LogP contribution in [0.5, 0.6) is 0 Å². The zero-order valence-electron chi connectivity index (χ0n) is 10.6. The number of nitrogens with one attached hydrogen (secondary N) is 2. The van der Waals surface area contributed by atoms with Crippen LogP contribution in [0, 0.1) is 0 Å². The molecule has 0 spiro atoms. The zero-order chi connectivity index (χ0) is 14.3. The molecule has 1 aromatic carbocycles. The largest absolute Gasteiger partial charge is 0.480 e. The predicted molar refractivity (Wildman–Crippen MR) is 68.4 cm³/mol. The summed E-state index contributed by atoms with van der Waals surface area (Å²) in [5, 5.41) is 13.3. The van der Waals surface area contributed by atoms with Gasteiger partial charge in [-0.3, -0.25) is 14.4 Å². The first kappa shape index (κ1) is 14.7. The topological polar surface area (TPSA) is 95.5 Å². The quantitative estimate of drug-likeness (QED) is 0.670. The summed E-state index contributed by atoms with van der Waals surface area (Å²) in [6, 6.07) is 8.39. The molecule has 102 valence electrons. The van der Waals surface area contributed by atoms with Gasteiger partial charge in [-0.15, -0.1) is 0 Å². The molecule has 1 aromatic rings. The first-order valence-electron chi connectivity index (χ1n) is 5.79. The van der Waals surface area contributed by atoms with Crippen molar-refractivity contribution in [1.82, 2.24) is 10.6 Å². The molecule has 2 amide bonds. The summed E-state index contributed by atoms with van der Waals surface area (Å²) in [6.07, 6.45) is 0.311. The van der Waals surface area contributed by atoms with Crippen LogP contribution in [0.3, 0.4) is 0 Å². The summed E-state index contributed by atoms with van der Waals surface area (Å²) in [5.74, 6) is -1.98. The number of aliphatic carboxylic acids is 1. The Kier molecular flexibility index (Phi) is 5.53. The number of rotatable bonds is 6. The summed E-state index contributed by atoms with van der Waals surface area (Å²) >= 11 is 0. The van der Waals surface area contributed by atoms with E-state index in [0.717, 1.165) is 5.56 Å². The Bertz CT molecular complexity index is 459. The molecule has 0 aliphatic heterocycles. The van der Waals surface area contributed by atoms with E-state index < -0.39 is 24.5 Å². The summed E-state index contributed by atoms with van der Waals surface area (Å²) in [5.41, 5.74) is 0.881. The van der Waals surface area contributed by atoms with Crippen LogP contribution in [-0.2, 0) is 20.8 Å². The van der Waals surface area contributed by atoms with Crippen LogP contribution in [0.1, 0.15) is 12.5 Å². The van der Waals surface area contributed by atoms with Gasteiger partial charge in [-0.1, -0.05) is 30.3 Å². The average Bonchev–Trinajstić information content (AvgIpc) is 2.36. The van der Waals surface area contributed by atoms with E-state index in [1.165, 1.54) is 6.92 Å². The molecule has 0 radical (unpaired) electrons. The second-order valence-electron chi connectivity index (χ2n) is 4.05. The van der Waals surface area contributed by atoms with Crippen molar-refractivity contribution in [3.63, 3.8) is 0 Å². The van der Waals surface area contributed by atoms with Crippen LogP contribution < -0.4 is 10.6 Å². The Labute approximate surface area is 110 Å². The maximum atomic E-state index is 11.8. The van der Waals surface area contributed by atoms with Crippen molar-refractivity contribution >= 4 is 17.8 Å². The molecule has 0 heterocycles. The maximum absolute atomic E-state index is 11.8. The third kappa shape index (κ3) is 5.67. The van der Waals surface area contributed by atoms with Crippen molar-refractivity contribution in [2.45, 2.75) is 19.4 Å². The molecule has 1 rings (SSSR count). The van der Waals surface area contributed by atoms with E-state index in [0.29, 0.717) is 6.42 Å². The SMILES string of the molecule is CC(=O)N[C@@H](Cc1ccccc1)C(=O)NCC(=O)O. The van der Waals surface area contributed by atoms with Crippen LogP contribution in [-0.4, -0.2) is 35.5 Å². The van der Waals surface area contributed by atoms with Crippen molar-refractivity contribution in [3.8, 4) is 0 Å². The molecule has 0 saturated heterocycles. The Morgan fingerprint density at radius 2 is 1.84 bits per heavy atom. The highest BCUT2D eigenvalue weighted by atomic mass is 16.4. The summed E-state index contributed by atoms with van der Waals surface area (Å²) in [6.45, 7) is 0.839. The highest BCUT2D eigenvalue weighted by Gasteiger charge is 2.20. The minimum atomic E-state index is -1.13. The molecule has 0 unspecified atom stereocenters. The highest BCUT2D eigenvalue weighted by molar-refractivity contribution is 5.89. The smallest absolute Gasteiger partial charge is 0.322 e. The molecule has 19 heavy (non-hydrogen) atoms.